The Hall–Kier alpha value is -1.84. The number of likely N-dealkylation sites (N-methyl/N-ethyl adjacent to an activating group) is 1. The van der Waals surface area contributed by atoms with Crippen molar-refractivity contribution in [3.05, 3.63) is 29.8 Å². The molecule has 110 valence electrons. The maximum absolute atomic E-state index is 12.2. The normalized spacial score (nSPS) is 33.7. The van der Waals surface area contributed by atoms with Gasteiger partial charge in [0.15, 0.2) is 0 Å². The second-order valence-corrected chi connectivity index (χ2v) is 6.61. The molecule has 1 aliphatic carbocycles. The van der Waals surface area contributed by atoms with Crippen molar-refractivity contribution in [1.82, 2.24) is 4.90 Å². The maximum Gasteiger partial charge on any atom is 0.219 e. The molecule has 3 atom stereocenters. The highest BCUT2D eigenvalue weighted by molar-refractivity contribution is 5.86. The van der Waals surface area contributed by atoms with Gasteiger partial charge in [0.25, 0.3) is 0 Å². The van der Waals surface area contributed by atoms with Gasteiger partial charge in [0.1, 0.15) is 5.78 Å². The van der Waals surface area contributed by atoms with E-state index in [2.05, 4.69) is 36.2 Å². The summed E-state index contributed by atoms with van der Waals surface area (Å²) in [6.07, 6.45) is 2.09. The minimum Gasteiger partial charge on any atom is -0.370 e. The molecule has 2 aliphatic heterocycles. The van der Waals surface area contributed by atoms with E-state index in [-0.39, 0.29) is 29.2 Å². The molecule has 1 aromatic rings. The first-order valence-electron chi connectivity index (χ1n) is 7.67. The second-order valence-electron chi connectivity index (χ2n) is 6.61. The number of likely N-dealkylation sites (tertiary alicyclic amines) is 1. The molecule has 1 spiro atoms. The zero-order chi connectivity index (χ0) is 14.8. The Bertz CT molecular complexity index is 641. The number of amides is 1. The number of ketones is 1. The molecule has 0 radical (unpaired) electrons. The Morgan fingerprint density at radius 2 is 1.95 bits per heavy atom. The minimum atomic E-state index is -0.0507. The van der Waals surface area contributed by atoms with Gasteiger partial charge in [-0.3, -0.25) is 9.59 Å². The summed E-state index contributed by atoms with van der Waals surface area (Å²) in [5, 5.41) is 0. The van der Waals surface area contributed by atoms with Crippen molar-refractivity contribution in [1.29, 1.82) is 0 Å². The van der Waals surface area contributed by atoms with Crippen molar-refractivity contribution >= 4 is 17.4 Å². The molecule has 2 heterocycles. The van der Waals surface area contributed by atoms with Gasteiger partial charge in [-0.1, -0.05) is 18.2 Å². The number of hydrogen-bond donors (Lipinski definition) is 0. The average Bonchev–Trinajstić information content (AvgIpc) is 2.95. The Kier molecular flexibility index (Phi) is 2.51. The molecule has 21 heavy (non-hydrogen) atoms. The van der Waals surface area contributed by atoms with Crippen LogP contribution in [-0.4, -0.2) is 42.3 Å². The number of hydrogen-bond acceptors (Lipinski definition) is 3. The molecule has 2 fully saturated rings. The lowest BCUT2D eigenvalue weighted by atomic mass is 9.64. The number of rotatable bonds is 0. The van der Waals surface area contributed by atoms with Crippen LogP contribution < -0.4 is 4.90 Å². The van der Waals surface area contributed by atoms with Gasteiger partial charge in [-0.15, -0.1) is 0 Å². The molecule has 1 aromatic carbocycles. The summed E-state index contributed by atoms with van der Waals surface area (Å²) in [5.41, 5.74) is 2.51. The molecule has 1 saturated heterocycles. The number of anilines is 1. The first-order valence-corrected chi connectivity index (χ1v) is 7.67. The van der Waals surface area contributed by atoms with Crippen molar-refractivity contribution in [3.8, 4) is 0 Å². The lowest BCUT2D eigenvalue weighted by Gasteiger charge is -2.44. The van der Waals surface area contributed by atoms with E-state index in [1.165, 1.54) is 11.3 Å². The van der Waals surface area contributed by atoms with Gasteiger partial charge in [0, 0.05) is 50.5 Å². The lowest BCUT2D eigenvalue weighted by molar-refractivity contribution is -0.132. The van der Waals surface area contributed by atoms with E-state index in [0.29, 0.717) is 12.8 Å². The third kappa shape index (κ3) is 1.45. The SMILES string of the molecule is CC(=O)N1CCC23c4ccccc4N(C)C2CC(=O)CC13. The highest BCUT2D eigenvalue weighted by Crippen LogP contribution is 2.56. The fourth-order valence-corrected chi connectivity index (χ4v) is 4.98. The van der Waals surface area contributed by atoms with E-state index < -0.39 is 0 Å². The van der Waals surface area contributed by atoms with Crippen molar-refractivity contribution < 1.29 is 9.59 Å². The Labute approximate surface area is 124 Å². The lowest BCUT2D eigenvalue weighted by Crippen LogP contribution is -2.57. The molecule has 0 bridgehead atoms. The fraction of sp³-hybridized carbons (Fsp3) is 0.529. The van der Waals surface area contributed by atoms with Crippen LogP contribution in [0.3, 0.4) is 0 Å². The monoisotopic (exact) mass is 284 g/mol. The summed E-state index contributed by atoms with van der Waals surface area (Å²) in [7, 11) is 2.09. The quantitative estimate of drug-likeness (QED) is 0.728. The van der Waals surface area contributed by atoms with Crippen molar-refractivity contribution in [3.63, 3.8) is 0 Å². The van der Waals surface area contributed by atoms with Crippen LogP contribution >= 0.6 is 0 Å². The number of Topliss-reactive ketones (excluding diaryl/α,β-unsaturated/α-hetero) is 1. The highest BCUT2D eigenvalue weighted by Gasteiger charge is 2.62. The summed E-state index contributed by atoms with van der Waals surface area (Å²) >= 11 is 0. The van der Waals surface area contributed by atoms with Crippen LogP contribution in [0, 0.1) is 0 Å². The number of nitrogens with zero attached hydrogens (tertiary/aromatic N) is 2. The molecule has 1 saturated carbocycles. The number of carbonyl (C=O) groups is 2. The van der Waals surface area contributed by atoms with Gasteiger partial charge in [-0.25, -0.2) is 0 Å². The Morgan fingerprint density at radius 1 is 1.24 bits per heavy atom. The fourth-order valence-electron chi connectivity index (χ4n) is 4.98. The predicted octanol–water partition coefficient (Wildman–Crippen LogP) is 1.73. The van der Waals surface area contributed by atoms with E-state index in [1.807, 2.05) is 4.90 Å². The molecular formula is C17H20N2O2. The van der Waals surface area contributed by atoms with E-state index in [9.17, 15) is 9.59 Å². The third-order valence-electron chi connectivity index (χ3n) is 5.83. The van der Waals surface area contributed by atoms with Gasteiger partial charge >= 0.3 is 0 Å². The number of para-hydroxylation sites is 1. The number of benzene rings is 1. The van der Waals surface area contributed by atoms with Crippen LogP contribution in [0.5, 0.6) is 0 Å². The standard InChI is InChI=1S/C17H20N2O2/c1-11(20)19-8-7-17-13-5-3-4-6-14(13)18(2)15(17)9-12(21)10-16(17)19/h3-6,15-16H,7-10H2,1-2H3. The van der Waals surface area contributed by atoms with E-state index in [1.54, 1.807) is 6.92 Å². The largest absolute Gasteiger partial charge is 0.370 e. The summed E-state index contributed by atoms with van der Waals surface area (Å²) in [6.45, 7) is 2.39. The van der Waals surface area contributed by atoms with Crippen LogP contribution in [0.4, 0.5) is 5.69 Å². The topological polar surface area (TPSA) is 40.6 Å². The molecule has 1 amide bonds. The first-order chi connectivity index (χ1) is 10.1. The first kappa shape index (κ1) is 12.9. The molecule has 0 aromatic heterocycles. The van der Waals surface area contributed by atoms with Gasteiger partial charge in [-0.05, 0) is 18.1 Å². The van der Waals surface area contributed by atoms with Crippen LogP contribution in [0.1, 0.15) is 31.7 Å². The van der Waals surface area contributed by atoms with Crippen LogP contribution in [0.15, 0.2) is 24.3 Å². The molecule has 4 heteroatoms. The predicted molar refractivity (Wildman–Crippen MR) is 80.3 cm³/mol. The van der Waals surface area contributed by atoms with Crippen LogP contribution in [-0.2, 0) is 15.0 Å². The van der Waals surface area contributed by atoms with Crippen molar-refractivity contribution in [2.75, 3.05) is 18.5 Å². The van der Waals surface area contributed by atoms with E-state index >= 15 is 0 Å². The molecule has 3 aliphatic rings. The molecule has 4 rings (SSSR count). The molecule has 3 unspecified atom stereocenters. The van der Waals surface area contributed by atoms with Crippen LogP contribution in [0.2, 0.25) is 0 Å². The summed E-state index contributed by atoms with van der Waals surface area (Å²) < 4.78 is 0. The summed E-state index contributed by atoms with van der Waals surface area (Å²) in [6, 6.07) is 8.70. The zero-order valence-electron chi connectivity index (χ0n) is 12.5. The minimum absolute atomic E-state index is 0.0346. The van der Waals surface area contributed by atoms with Gasteiger partial charge in [-0.2, -0.15) is 0 Å². The van der Waals surface area contributed by atoms with Crippen molar-refractivity contribution in [2.24, 2.45) is 0 Å². The summed E-state index contributed by atoms with van der Waals surface area (Å²) in [4.78, 5) is 28.4. The molecule has 4 nitrogen and oxygen atoms in total. The smallest absolute Gasteiger partial charge is 0.219 e. The Balaban J connectivity index is 1.91. The average molecular weight is 284 g/mol. The maximum atomic E-state index is 12.2. The van der Waals surface area contributed by atoms with E-state index in [4.69, 9.17) is 0 Å². The van der Waals surface area contributed by atoms with Crippen molar-refractivity contribution in [2.45, 2.75) is 43.7 Å². The second kappa shape index (κ2) is 4.09. The Morgan fingerprint density at radius 3 is 2.71 bits per heavy atom. The van der Waals surface area contributed by atoms with E-state index in [0.717, 1.165) is 13.0 Å². The highest BCUT2D eigenvalue weighted by atomic mass is 16.2. The van der Waals surface area contributed by atoms with Gasteiger partial charge in [0.05, 0.1) is 6.04 Å². The zero-order valence-corrected chi connectivity index (χ0v) is 12.5. The summed E-state index contributed by atoms with van der Waals surface area (Å²) in [5.74, 6) is 0.380. The third-order valence-corrected chi connectivity index (χ3v) is 5.83. The van der Waals surface area contributed by atoms with Crippen LogP contribution in [0.25, 0.3) is 0 Å². The van der Waals surface area contributed by atoms with Gasteiger partial charge < -0.3 is 9.80 Å². The molecular weight excluding hydrogens is 264 g/mol. The molecule has 0 N–H and O–H groups in total. The van der Waals surface area contributed by atoms with Gasteiger partial charge in [0.2, 0.25) is 5.91 Å². The number of fused-ring (bicyclic) bond motifs is 1. The number of carbonyl (C=O) groups excluding carboxylic acids is 2.